The third-order valence-corrected chi connectivity index (χ3v) is 7.49. The van der Waals surface area contributed by atoms with E-state index in [9.17, 15) is 29.6 Å². The number of anilines is 2. The maximum Gasteiger partial charge on any atom is 0.326 e. The number of hydrogen-bond acceptors (Lipinski definition) is 10. The van der Waals surface area contributed by atoms with Crippen molar-refractivity contribution in [3.8, 4) is 0 Å². The molecule has 0 aliphatic rings. The molecule has 0 aliphatic carbocycles. The van der Waals surface area contributed by atoms with Crippen LogP contribution in [0.3, 0.4) is 0 Å². The predicted octanol–water partition coefficient (Wildman–Crippen LogP) is 4.65. The topological polar surface area (TPSA) is 180 Å². The van der Waals surface area contributed by atoms with Gasteiger partial charge in [-0.1, -0.05) is 49.3 Å². The van der Waals surface area contributed by atoms with E-state index in [1.54, 1.807) is 36.6 Å². The van der Waals surface area contributed by atoms with Gasteiger partial charge in [-0.3, -0.25) is 19.7 Å². The molecule has 3 aromatic rings. The number of thioether (sulfide) groups is 1. The zero-order valence-electron chi connectivity index (χ0n) is 25.5. The number of carbonyl (C=O) groups is 3. The lowest BCUT2D eigenvalue weighted by Gasteiger charge is -2.30. The predicted molar refractivity (Wildman–Crippen MR) is 175 cm³/mol. The number of nitrogens with zero attached hydrogens (tertiary/aromatic N) is 4. The molecule has 4 N–H and O–H groups in total. The van der Waals surface area contributed by atoms with Gasteiger partial charge in [-0.2, -0.15) is 0 Å². The molecule has 0 saturated carbocycles. The minimum absolute atomic E-state index is 0.00986. The van der Waals surface area contributed by atoms with E-state index in [1.165, 1.54) is 30.1 Å². The molecule has 0 aliphatic heterocycles. The molecule has 0 radical (unpaired) electrons. The van der Waals surface area contributed by atoms with E-state index in [1.807, 2.05) is 32.6 Å². The highest BCUT2D eigenvalue weighted by Gasteiger charge is 2.27. The SMILES string of the molecule is CSc1ncc(Cl)c(C(=O)Nc2ccc(CC(NC(=O)c3cc(N(CCNC(C)C)C(C)C)ccc3[N+](=O)[O-])C(=O)O)cc2)n1. The monoisotopic (exact) mass is 657 g/mol. The van der Waals surface area contributed by atoms with Crippen molar-refractivity contribution >= 4 is 58.2 Å². The number of aliphatic carboxylic acids is 1. The molecule has 3 rings (SSSR count). The molecule has 0 bridgehead atoms. The van der Waals surface area contributed by atoms with Gasteiger partial charge >= 0.3 is 5.97 Å². The van der Waals surface area contributed by atoms with Crippen LogP contribution in [0.4, 0.5) is 17.1 Å². The van der Waals surface area contributed by atoms with Crippen LogP contribution >= 0.6 is 23.4 Å². The Balaban J connectivity index is 1.77. The second kappa shape index (κ2) is 16.2. The quantitative estimate of drug-likeness (QED) is 0.0773. The van der Waals surface area contributed by atoms with Crippen molar-refractivity contribution in [3.05, 3.63) is 80.6 Å². The molecule has 0 saturated heterocycles. The van der Waals surface area contributed by atoms with Crippen molar-refractivity contribution in [1.29, 1.82) is 0 Å². The van der Waals surface area contributed by atoms with E-state index in [2.05, 4.69) is 25.9 Å². The molecule has 13 nitrogen and oxygen atoms in total. The van der Waals surface area contributed by atoms with Gasteiger partial charge in [-0.25, -0.2) is 14.8 Å². The van der Waals surface area contributed by atoms with Crippen molar-refractivity contribution in [1.82, 2.24) is 20.6 Å². The minimum Gasteiger partial charge on any atom is -0.480 e. The van der Waals surface area contributed by atoms with Crippen molar-refractivity contribution in [2.45, 2.75) is 57.4 Å². The first kappa shape index (κ1) is 35.2. The molecule has 2 amide bonds. The summed E-state index contributed by atoms with van der Waals surface area (Å²) < 4.78 is 0. The molecular formula is C30H36ClN7O6S. The van der Waals surface area contributed by atoms with Crippen molar-refractivity contribution in [2.75, 3.05) is 29.6 Å². The number of aromatic nitrogens is 2. The third kappa shape index (κ3) is 9.86. The van der Waals surface area contributed by atoms with Crippen LogP contribution in [0.25, 0.3) is 0 Å². The number of carboxylic acids is 1. The van der Waals surface area contributed by atoms with Gasteiger partial charge in [-0.05, 0) is 49.9 Å². The number of halogens is 1. The first-order valence-electron chi connectivity index (χ1n) is 14.1. The van der Waals surface area contributed by atoms with Gasteiger partial charge < -0.3 is 26.0 Å². The Labute approximate surface area is 270 Å². The molecular weight excluding hydrogens is 622 g/mol. The summed E-state index contributed by atoms with van der Waals surface area (Å²) in [5, 5.41) is 30.6. The maximum absolute atomic E-state index is 13.3. The number of amides is 2. The van der Waals surface area contributed by atoms with Gasteiger partial charge in [0.05, 0.1) is 16.1 Å². The Kier molecular flexibility index (Phi) is 12.6. The van der Waals surface area contributed by atoms with E-state index in [0.717, 1.165) is 0 Å². The summed E-state index contributed by atoms with van der Waals surface area (Å²) in [5.41, 5.74) is 0.887. The number of benzene rings is 2. The summed E-state index contributed by atoms with van der Waals surface area (Å²) in [7, 11) is 0. The summed E-state index contributed by atoms with van der Waals surface area (Å²) in [5.74, 6) is -2.74. The van der Waals surface area contributed by atoms with Gasteiger partial charge in [0, 0.05) is 49.0 Å². The lowest BCUT2D eigenvalue weighted by atomic mass is 10.0. The first-order chi connectivity index (χ1) is 21.3. The fourth-order valence-corrected chi connectivity index (χ4v) is 4.92. The van der Waals surface area contributed by atoms with Crippen LogP contribution in [0.2, 0.25) is 5.02 Å². The third-order valence-electron chi connectivity index (χ3n) is 6.66. The summed E-state index contributed by atoms with van der Waals surface area (Å²) in [4.78, 5) is 59.4. The first-order valence-corrected chi connectivity index (χ1v) is 15.7. The molecule has 0 fully saturated rings. The molecule has 240 valence electrons. The summed E-state index contributed by atoms with van der Waals surface area (Å²) in [6, 6.07) is 9.52. The number of hydrogen-bond donors (Lipinski definition) is 4. The normalized spacial score (nSPS) is 11.7. The van der Waals surface area contributed by atoms with Gasteiger partial charge in [-0.15, -0.1) is 0 Å². The van der Waals surface area contributed by atoms with E-state index < -0.39 is 34.4 Å². The number of carboxylic acid groups (broad SMARTS) is 1. The largest absolute Gasteiger partial charge is 0.480 e. The molecule has 1 unspecified atom stereocenters. The van der Waals surface area contributed by atoms with Crippen LogP contribution in [-0.4, -0.2) is 75.3 Å². The van der Waals surface area contributed by atoms with Crippen LogP contribution < -0.4 is 20.9 Å². The molecule has 2 aromatic carbocycles. The smallest absolute Gasteiger partial charge is 0.326 e. The van der Waals surface area contributed by atoms with Gasteiger partial charge in [0.15, 0.2) is 10.9 Å². The van der Waals surface area contributed by atoms with Crippen LogP contribution in [0.5, 0.6) is 0 Å². The molecule has 1 aromatic heterocycles. The average Bonchev–Trinajstić information content (AvgIpc) is 2.99. The Morgan fingerprint density at radius 1 is 1.09 bits per heavy atom. The Hall–Kier alpha value is -4.27. The zero-order chi connectivity index (χ0) is 33.3. The highest BCUT2D eigenvalue weighted by Crippen LogP contribution is 2.27. The number of nitro groups is 1. The summed E-state index contributed by atoms with van der Waals surface area (Å²) in [6.07, 6.45) is 2.99. The standard InChI is InChI=1S/C30H36ClN7O6S/c1-17(2)32-12-13-37(18(3)4)21-10-11-25(38(43)44)22(15-21)27(39)35-24(29(41)42)14-19-6-8-20(9-7-19)34-28(40)26-23(31)16-33-30(36-26)45-5/h6-11,15-18,24,32H,12-14H2,1-5H3,(H,34,40)(H,35,39)(H,41,42). The molecule has 1 atom stereocenters. The second-order valence-corrected chi connectivity index (χ2v) is 11.8. The van der Waals surface area contributed by atoms with Crippen molar-refractivity contribution in [3.63, 3.8) is 0 Å². The number of rotatable bonds is 15. The number of nitrogens with one attached hydrogen (secondary N) is 3. The van der Waals surface area contributed by atoms with Crippen molar-refractivity contribution < 1.29 is 24.4 Å². The molecule has 45 heavy (non-hydrogen) atoms. The van der Waals surface area contributed by atoms with Crippen LogP contribution in [-0.2, 0) is 11.2 Å². The number of carbonyl (C=O) groups excluding carboxylic acids is 2. The van der Waals surface area contributed by atoms with Crippen LogP contribution in [0.15, 0.2) is 53.8 Å². The molecule has 15 heteroatoms. The second-order valence-electron chi connectivity index (χ2n) is 10.6. The van der Waals surface area contributed by atoms with E-state index in [4.69, 9.17) is 11.6 Å². The van der Waals surface area contributed by atoms with Crippen LogP contribution in [0, 0.1) is 10.1 Å². The average molecular weight is 658 g/mol. The Morgan fingerprint density at radius 2 is 1.78 bits per heavy atom. The molecule has 0 spiro atoms. The minimum atomic E-state index is -1.39. The summed E-state index contributed by atoms with van der Waals surface area (Å²) >= 11 is 7.34. The highest BCUT2D eigenvalue weighted by atomic mass is 35.5. The van der Waals surface area contributed by atoms with Gasteiger partial charge in [0.25, 0.3) is 17.5 Å². The van der Waals surface area contributed by atoms with Gasteiger partial charge in [0.2, 0.25) is 0 Å². The Morgan fingerprint density at radius 3 is 2.36 bits per heavy atom. The fourth-order valence-electron chi connectivity index (χ4n) is 4.40. The Bertz CT molecular complexity index is 1540. The van der Waals surface area contributed by atoms with E-state index >= 15 is 0 Å². The maximum atomic E-state index is 13.3. The highest BCUT2D eigenvalue weighted by molar-refractivity contribution is 7.98. The van der Waals surface area contributed by atoms with E-state index in [0.29, 0.717) is 35.2 Å². The lowest BCUT2D eigenvalue weighted by molar-refractivity contribution is -0.385. The fraction of sp³-hybridized carbons (Fsp3) is 0.367. The lowest BCUT2D eigenvalue weighted by Crippen LogP contribution is -2.42. The zero-order valence-corrected chi connectivity index (χ0v) is 27.1. The van der Waals surface area contributed by atoms with E-state index in [-0.39, 0.29) is 34.8 Å². The van der Waals surface area contributed by atoms with Gasteiger partial charge in [0.1, 0.15) is 11.6 Å². The molecule has 1 heterocycles. The van der Waals surface area contributed by atoms with Crippen molar-refractivity contribution in [2.24, 2.45) is 0 Å². The van der Waals surface area contributed by atoms with Crippen LogP contribution in [0.1, 0.15) is 54.1 Å². The summed E-state index contributed by atoms with van der Waals surface area (Å²) in [6.45, 7) is 9.25. The number of nitro benzene ring substituents is 1.